The number of nitrogens with zero attached hydrogens (tertiary/aromatic N) is 4. The van der Waals surface area contributed by atoms with Gasteiger partial charge in [0.05, 0.1) is 40.3 Å². The van der Waals surface area contributed by atoms with Crippen molar-refractivity contribution < 1.29 is 0 Å². The Kier molecular flexibility index (Phi) is 5.96. The van der Waals surface area contributed by atoms with Crippen LogP contribution in [0.15, 0.2) is 140 Å². The molecular weight excluding hydrogens is 617 g/mol. The summed E-state index contributed by atoms with van der Waals surface area (Å²) in [7, 11) is 0. The van der Waals surface area contributed by atoms with Gasteiger partial charge in [-0.2, -0.15) is 10.5 Å². The molecule has 0 amide bonds. The van der Waals surface area contributed by atoms with Crippen LogP contribution in [0.25, 0.3) is 75.0 Å². The zero-order valence-corrected chi connectivity index (χ0v) is 27.1. The number of benzene rings is 6. The molecule has 1 atom stereocenters. The predicted molar refractivity (Wildman–Crippen MR) is 203 cm³/mol. The van der Waals surface area contributed by atoms with Gasteiger partial charge in [-0.3, -0.25) is 0 Å². The molecule has 0 bridgehead atoms. The first-order chi connectivity index (χ1) is 24.2. The van der Waals surface area contributed by atoms with E-state index in [1.54, 1.807) is 0 Å². The van der Waals surface area contributed by atoms with Crippen LogP contribution in [0.2, 0.25) is 0 Å². The van der Waals surface area contributed by atoms with Crippen LogP contribution in [0.4, 0.5) is 0 Å². The minimum Gasteiger partial charge on any atom is -0.333 e. The Hall–Kier alpha value is -6.40. The standard InChI is InChI=1S/C44H26N4S/c45-25-27-12-16-41-35(20-27)36-21-28(26-46)13-17-42(36)47(41)31-7-5-6-29(22-31)30-14-18-43-37(23-30)38-24-32(15-19-44(38)49-43)48-39-10-3-1-8-33(39)34-9-2-4-11-40(34)48/h1-21,23-24,31H,22H2. The molecule has 4 nitrogen and oxygen atoms in total. The summed E-state index contributed by atoms with van der Waals surface area (Å²) in [6.45, 7) is 0. The Morgan fingerprint density at radius 3 is 1.84 bits per heavy atom. The smallest absolute Gasteiger partial charge is 0.0991 e. The average molecular weight is 643 g/mol. The maximum absolute atomic E-state index is 9.63. The van der Waals surface area contributed by atoms with Gasteiger partial charge in [-0.05, 0) is 96.4 Å². The highest BCUT2D eigenvalue weighted by molar-refractivity contribution is 7.25. The zero-order chi connectivity index (χ0) is 32.6. The fourth-order valence-electron chi connectivity index (χ4n) is 7.91. The molecule has 49 heavy (non-hydrogen) atoms. The van der Waals surface area contributed by atoms with Crippen molar-refractivity contribution in [3.05, 3.63) is 156 Å². The molecule has 0 N–H and O–H groups in total. The number of para-hydroxylation sites is 2. The van der Waals surface area contributed by atoms with Crippen LogP contribution in [-0.2, 0) is 0 Å². The van der Waals surface area contributed by atoms with Gasteiger partial charge in [0.2, 0.25) is 0 Å². The van der Waals surface area contributed by atoms with Crippen LogP contribution in [0.1, 0.15) is 29.2 Å². The van der Waals surface area contributed by atoms with Gasteiger partial charge >= 0.3 is 0 Å². The lowest BCUT2D eigenvalue weighted by Gasteiger charge is -2.23. The quantitative estimate of drug-likeness (QED) is 0.193. The van der Waals surface area contributed by atoms with Gasteiger partial charge in [-0.15, -0.1) is 11.3 Å². The Morgan fingerprint density at radius 1 is 0.571 bits per heavy atom. The molecule has 1 unspecified atom stereocenters. The third kappa shape index (κ3) is 4.14. The third-order valence-electron chi connectivity index (χ3n) is 10.1. The number of nitriles is 2. The summed E-state index contributed by atoms with van der Waals surface area (Å²) in [5.74, 6) is 0. The van der Waals surface area contributed by atoms with E-state index in [-0.39, 0.29) is 6.04 Å². The molecule has 9 aromatic rings. The zero-order valence-electron chi connectivity index (χ0n) is 26.3. The molecule has 0 aliphatic heterocycles. The van der Waals surface area contributed by atoms with Gasteiger partial charge in [0.1, 0.15) is 0 Å². The minimum absolute atomic E-state index is 0.0812. The third-order valence-corrected chi connectivity index (χ3v) is 11.3. The Balaban J connectivity index is 1.08. The van der Waals surface area contributed by atoms with Crippen molar-refractivity contribution in [1.82, 2.24) is 9.13 Å². The molecular formula is C44H26N4S. The van der Waals surface area contributed by atoms with Gasteiger partial charge in [0, 0.05) is 58.4 Å². The number of thiophene rings is 1. The fourth-order valence-corrected chi connectivity index (χ4v) is 8.97. The summed E-state index contributed by atoms with van der Waals surface area (Å²) in [6.07, 6.45) is 7.50. The van der Waals surface area contributed by atoms with Crippen molar-refractivity contribution in [3.8, 4) is 17.8 Å². The largest absolute Gasteiger partial charge is 0.333 e. The normalized spacial score (nSPS) is 14.7. The SMILES string of the molecule is N#Cc1ccc2c(c1)c1cc(C#N)ccc1n2C1C=CC=C(c2ccc3sc4ccc(-n5c6ccccc6c6ccccc65)cc4c3c2)C1. The average Bonchev–Trinajstić information content (AvgIpc) is 3.81. The summed E-state index contributed by atoms with van der Waals surface area (Å²) in [4.78, 5) is 0. The van der Waals surface area contributed by atoms with E-state index in [2.05, 4.69) is 124 Å². The van der Waals surface area contributed by atoms with Crippen molar-refractivity contribution in [2.75, 3.05) is 0 Å². The van der Waals surface area contributed by atoms with E-state index < -0.39 is 0 Å². The molecule has 10 rings (SSSR count). The highest BCUT2D eigenvalue weighted by Gasteiger charge is 2.22. The van der Waals surface area contributed by atoms with Crippen molar-refractivity contribution in [2.45, 2.75) is 12.5 Å². The van der Waals surface area contributed by atoms with Gasteiger partial charge in [-0.25, -0.2) is 0 Å². The number of rotatable bonds is 3. The molecule has 1 aliphatic carbocycles. The van der Waals surface area contributed by atoms with Gasteiger partial charge < -0.3 is 9.13 Å². The molecule has 0 radical (unpaired) electrons. The van der Waals surface area contributed by atoms with Crippen molar-refractivity contribution in [1.29, 1.82) is 10.5 Å². The van der Waals surface area contributed by atoms with E-state index in [1.807, 2.05) is 47.7 Å². The molecule has 0 saturated carbocycles. The minimum atomic E-state index is 0.0812. The van der Waals surface area contributed by atoms with E-state index in [9.17, 15) is 10.5 Å². The van der Waals surface area contributed by atoms with E-state index in [0.717, 1.165) is 28.2 Å². The Labute approximate surface area is 285 Å². The molecule has 6 aromatic carbocycles. The summed E-state index contributed by atoms with van der Waals surface area (Å²) < 4.78 is 7.32. The maximum Gasteiger partial charge on any atom is 0.0991 e. The molecule has 228 valence electrons. The van der Waals surface area contributed by atoms with Crippen LogP contribution in [0.5, 0.6) is 0 Å². The topological polar surface area (TPSA) is 57.4 Å². The molecule has 0 fully saturated rings. The molecule has 1 aliphatic rings. The van der Waals surface area contributed by atoms with Gasteiger partial charge in [0.25, 0.3) is 0 Å². The lowest BCUT2D eigenvalue weighted by molar-refractivity contribution is 0.656. The molecule has 3 heterocycles. The first kappa shape index (κ1) is 27.7. The second-order valence-corrected chi connectivity index (χ2v) is 13.9. The number of hydrogen-bond acceptors (Lipinski definition) is 3. The van der Waals surface area contributed by atoms with Crippen LogP contribution in [0.3, 0.4) is 0 Å². The summed E-state index contributed by atoms with van der Waals surface area (Å²) >= 11 is 1.84. The number of allylic oxidation sites excluding steroid dienone is 4. The van der Waals surface area contributed by atoms with Crippen molar-refractivity contribution in [3.63, 3.8) is 0 Å². The number of aromatic nitrogens is 2. The monoisotopic (exact) mass is 642 g/mol. The van der Waals surface area contributed by atoms with Crippen LogP contribution >= 0.6 is 11.3 Å². The second-order valence-electron chi connectivity index (χ2n) is 12.8. The van der Waals surface area contributed by atoms with E-state index in [4.69, 9.17) is 0 Å². The highest BCUT2D eigenvalue weighted by atomic mass is 32.1. The highest BCUT2D eigenvalue weighted by Crippen LogP contribution is 2.42. The maximum atomic E-state index is 9.63. The lowest BCUT2D eigenvalue weighted by atomic mass is 9.93. The number of fused-ring (bicyclic) bond motifs is 9. The van der Waals surface area contributed by atoms with E-state index >= 15 is 0 Å². The fraction of sp³-hybridized carbons (Fsp3) is 0.0455. The summed E-state index contributed by atoms with van der Waals surface area (Å²) in [5.41, 5.74) is 9.47. The van der Waals surface area contributed by atoms with Gasteiger partial charge in [0.15, 0.2) is 0 Å². The summed E-state index contributed by atoms with van der Waals surface area (Å²) in [5, 5.41) is 26.3. The lowest BCUT2D eigenvalue weighted by Crippen LogP contribution is -2.09. The van der Waals surface area contributed by atoms with Crippen LogP contribution < -0.4 is 0 Å². The molecule has 0 saturated heterocycles. The second kappa shape index (κ2) is 10.6. The van der Waals surface area contributed by atoms with Crippen LogP contribution in [-0.4, -0.2) is 9.13 Å². The number of hydrogen-bond donors (Lipinski definition) is 0. The molecule has 3 aromatic heterocycles. The summed E-state index contributed by atoms with van der Waals surface area (Å²) in [6, 6.07) is 47.5. The first-order valence-electron chi connectivity index (χ1n) is 16.4. The first-order valence-corrected chi connectivity index (χ1v) is 17.2. The van der Waals surface area contributed by atoms with E-state index in [1.165, 1.54) is 58.8 Å². The van der Waals surface area contributed by atoms with Crippen molar-refractivity contribution >= 4 is 80.7 Å². The van der Waals surface area contributed by atoms with Crippen molar-refractivity contribution in [2.24, 2.45) is 0 Å². The predicted octanol–water partition coefficient (Wildman–Crippen LogP) is 11.6. The molecule has 5 heteroatoms. The Bertz CT molecular complexity index is 2880. The van der Waals surface area contributed by atoms with Gasteiger partial charge in [-0.1, -0.05) is 60.7 Å². The van der Waals surface area contributed by atoms with Crippen LogP contribution in [0, 0.1) is 22.7 Å². The Morgan fingerprint density at radius 2 is 1.18 bits per heavy atom. The molecule has 0 spiro atoms. The van der Waals surface area contributed by atoms with E-state index in [0.29, 0.717) is 11.1 Å².